The third-order valence-electron chi connectivity index (χ3n) is 6.65. The summed E-state index contributed by atoms with van der Waals surface area (Å²) in [5.41, 5.74) is 0.708. The van der Waals surface area contributed by atoms with Crippen molar-refractivity contribution in [2.75, 3.05) is 32.5 Å². The average molecular weight is 447 g/mol. The van der Waals surface area contributed by atoms with Crippen LogP contribution in [0.4, 0.5) is 0 Å². The molecule has 2 heterocycles. The lowest BCUT2D eigenvalue weighted by atomic mass is 10.00. The van der Waals surface area contributed by atoms with Gasteiger partial charge in [0, 0.05) is 37.4 Å². The molecule has 1 aromatic carbocycles. The number of carbonyl (C=O) groups excluding carboxylic acids is 2. The molecule has 0 aliphatic carbocycles. The molecule has 172 valence electrons. The van der Waals surface area contributed by atoms with Gasteiger partial charge in [0.25, 0.3) is 5.91 Å². The predicted molar refractivity (Wildman–Crippen MR) is 128 cm³/mol. The van der Waals surface area contributed by atoms with E-state index in [1.54, 1.807) is 7.11 Å². The molecule has 0 radical (unpaired) electrons. The van der Waals surface area contributed by atoms with Crippen molar-refractivity contribution in [2.24, 2.45) is 0 Å². The minimum atomic E-state index is -0.160. The maximum Gasteiger partial charge on any atom is 0.255 e. The zero-order valence-corrected chi connectivity index (χ0v) is 20.1. The summed E-state index contributed by atoms with van der Waals surface area (Å²) in [6.45, 7) is 4.53. The zero-order chi connectivity index (χ0) is 22.1. The van der Waals surface area contributed by atoms with Crippen molar-refractivity contribution in [1.29, 1.82) is 0 Å². The van der Waals surface area contributed by atoms with Gasteiger partial charge in [-0.15, -0.1) is 11.8 Å². The van der Waals surface area contributed by atoms with Gasteiger partial charge in [-0.3, -0.25) is 9.59 Å². The molecule has 2 fully saturated rings. The number of carbonyl (C=O) groups is 2. The second-order valence-electron chi connectivity index (χ2n) is 8.73. The molecule has 0 atom stereocenters. The number of methoxy groups -OCH3 is 1. The van der Waals surface area contributed by atoms with E-state index >= 15 is 0 Å². The van der Waals surface area contributed by atoms with Gasteiger partial charge in [-0.25, -0.2) is 0 Å². The van der Waals surface area contributed by atoms with Crippen molar-refractivity contribution in [3.05, 3.63) is 29.8 Å². The van der Waals surface area contributed by atoms with E-state index < -0.39 is 0 Å². The van der Waals surface area contributed by atoms with Crippen LogP contribution in [0.3, 0.4) is 0 Å². The Hall–Kier alpha value is -1.69. The van der Waals surface area contributed by atoms with Gasteiger partial charge in [-0.05, 0) is 43.5 Å². The third kappa shape index (κ3) is 6.18. The van der Waals surface area contributed by atoms with Gasteiger partial charge in [0.2, 0.25) is 5.91 Å². The highest BCUT2D eigenvalue weighted by molar-refractivity contribution is 8.00. The van der Waals surface area contributed by atoms with Crippen LogP contribution >= 0.6 is 11.8 Å². The molecular formula is C25H38N2O3S. The first-order chi connectivity index (χ1) is 15.1. The van der Waals surface area contributed by atoms with Gasteiger partial charge in [0.1, 0.15) is 5.75 Å². The first-order valence-electron chi connectivity index (χ1n) is 12.0. The number of nitrogens with zero attached hydrogens (tertiary/aromatic N) is 2. The number of rotatable bonds is 10. The Morgan fingerprint density at radius 1 is 0.968 bits per heavy atom. The Labute approximate surface area is 191 Å². The van der Waals surface area contributed by atoms with Gasteiger partial charge in [-0.1, -0.05) is 45.4 Å². The van der Waals surface area contributed by atoms with Crippen LogP contribution in [0.2, 0.25) is 0 Å². The minimum Gasteiger partial charge on any atom is -0.497 e. The Kier molecular flexibility index (Phi) is 9.12. The fourth-order valence-corrected chi connectivity index (χ4v) is 6.15. The number of amides is 2. The SMILES string of the molecule is CCCCCCCCCC(=O)N1CCC2(CC1)SCCN2C(=O)c1ccc(OC)cc1. The molecule has 2 aliphatic rings. The molecule has 2 amide bonds. The number of likely N-dealkylation sites (tertiary alicyclic amines) is 1. The molecule has 1 aromatic rings. The van der Waals surface area contributed by atoms with Crippen LogP contribution < -0.4 is 4.74 Å². The van der Waals surface area contributed by atoms with Crippen molar-refractivity contribution < 1.29 is 14.3 Å². The number of piperidine rings is 1. The highest BCUT2D eigenvalue weighted by Gasteiger charge is 2.46. The molecule has 0 N–H and O–H groups in total. The molecule has 0 aromatic heterocycles. The van der Waals surface area contributed by atoms with Crippen molar-refractivity contribution in [2.45, 2.75) is 76.0 Å². The third-order valence-corrected chi connectivity index (χ3v) is 8.20. The largest absolute Gasteiger partial charge is 0.497 e. The van der Waals surface area contributed by atoms with Crippen LogP contribution in [0.5, 0.6) is 5.75 Å². The molecule has 31 heavy (non-hydrogen) atoms. The maximum absolute atomic E-state index is 13.2. The van der Waals surface area contributed by atoms with Crippen LogP contribution in [0.25, 0.3) is 0 Å². The van der Waals surface area contributed by atoms with Crippen molar-refractivity contribution in [3.63, 3.8) is 0 Å². The number of thioether (sulfide) groups is 1. The van der Waals surface area contributed by atoms with Gasteiger partial charge in [0.05, 0.1) is 12.0 Å². The van der Waals surface area contributed by atoms with Crippen LogP contribution in [0.1, 0.15) is 81.5 Å². The second-order valence-corrected chi connectivity index (χ2v) is 10.2. The number of hydrogen-bond donors (Lipinski definition) is 0. The highest BCUT2D eigenvalue weighted by atomic mass is 32.2. The van der Waals surface area contributed by atoms with Crippen molar-refractivity contribution in [1.82, 2.24) is 9.80 Å². The van der Waals surface area contributed by atoms with Gasteiger partial charge in [0.15, 0.2) is 0 Å². The first kappa shape index (κ1) is 24.0. The first-order valence-corrected chi connectivity index (χ1v) is 13.0. The summed E-state index contributed by atoms with van der Waals surface area (Å²) < 4.78 is 5.21. The number of benzene rings is 1. The van der Waals surface area contributed by atoms with Crippen LogP contribution in [0.15, 0.2) is 24.3 Å². The lowest BCUT2D eigenvalue weighted by Crippen LogP contribution is -2.53. The van der Waals surface area contributed by atoms with E-state index in [1.165, 1.54) is 32.1 Å². The highest BCUT2D eigenvalue weighted by Crippen LogP contribution is 2.44. The standard InChI is InChI=1S/C25H38N2O3S/c1-3-4-5-6-7-8-9-10-23(28)26-17-15-25(16-18-26)27(19-20-31-25)24(29)21-11-13-22(30-2)14-12-21/h11-14H,3-10,15-20H2,1-2H3. The molecule has 3 rings (SSSR count). The molecule has 6 heteroatoms. The minimum absolute atomic E-state index is 0.0931. The summed E-state index contributed by atoms with van der Waals surface area (Å²) in [7, 11) is 1.63. The van der Waals surface area contributed by atoms with E-state index in [9.17, 15) is 9.59 Å². The monoisotopic (exact) mass is 446 g/mol. The zero-order valence-electron chi connectivity index (χ0n) is 19.2. The molecule has 0 unspecified atom stereocenters. The Balaban J connectivity index is 1.46. The molecule has 2 aliphatic heterocycles. The molecule has 0 bridgehead atoms. The topological polar surface area (TPSA) is 49.9 Å². The lowest BCUT2D eigenvalue weighted by Gasteiger charge is -2.44. The van der Waals surface area contributed by atoms with Crippen molar-refractivity contribution in [3.8, 4) is 5.75 Å². The van der Waals surface area contributed by atoms with E-state index in [1.807, 2.05) is 40.9 Å². The molecule has 1 spiro atoms. The van der Waals surface area contributed by atoms with Gasteiger partial charge in [-0.2, -0.15) is 0 Å². The number of ether oxygens (including phenoxy) is 1. The summed E-state index contributed by atoms with van der Waals surface area (Å²) in [5.74, 6) is 2.11. The second kappa shape index (κ2) is 11.8. The molecule has 2 saturated heterocycles. The van der Waals surface area contributed by atoms with Crippen LogP contribution in [0, 0.1) is 0 Å². The van der Waals surface area contributed by atoms with E-state index in [2.05, 4.69) is 11.8 Å². The fraction of sp³-hybridized carbons (Fsp3) is 0.680. The lowest BCUT2D eigenvalue weighted by molar-refractivity contribution is -0.132. The quantitative estimate of drug-likeness (QED) is 0.455. The van der Waals surface area contributed by atoms with E-state index in [0.29, 0.717) is 17.9 Å². The van der Waals surface area contributed by atoms with E-state index in [-0.39, 0.29) is 10.8 Å². The fourth-order valence-electron chi connectivity index (χ4n) is 4.70. The van der Waals surface area contributed by atoms with Gasteiger partial charge >= 0.3 is 0 Å². The summed E-state index contributed by atoms with van der Waals surface area (Å²) in [4.78, 5) is 29.8. The Morgan fingerprint density at radius 3 is 2.26 bits per heavy atom. The Morgan fingerprint density at radius 2 is 1.61 bits per heavy atom. The summed E-state index contributed by atoms with van der Waals surface area (Å²) >= 11 is 1.89. The average Bonchev–Trinajstić information content (AvgIpc) is 3.21. The molecule has 0 saturated carbocycles. The number of unbranched alkanes of at least 4 members (excludes halogenated alkanes) is 6. The smallest absolute Gasteiger partial charge is 0.255 e. The Bertz CT molecular complexity index is 714. The van der Waals surface area contributed by atoms with E-state index in [0.717, 1.165) is 56.8 Å². The van der Waals surface area contributed by atoms with Crippen molar-refractivity contribution >= 4 is 23.6 Å². The van der Waals surface area contributed by atoms with E-state index in [4.69, 9.17) is 4.74 Å². The normalized spacial score (nSPS) is 17.9. The summed E-state index contributed by atoms with van der Waals surface area (Å²) in [6, 6.07) is 7.37. The summed E-state index contributed by atoms with van der Waals surface area (Å²) in [6.07, 6.45) is 11.0. The maximum atomic E-state index is 13.2. The summed E-state index contributed by atoms with van der Waals surface area (Å²) in [5, 5.41) is 0. The molecule has 5 nitrogen and oxygen atoms in total. The predicted octanol–water partition coefficient (Wildman–Crippen LogP) is 5.34. The number of hydrogen-bond acceptors (Lipinski definition) is 4. The van der Waals surface area contributed by atoms with Crippen LogP contribution in [-0.4, -0.2) is 59.0 Å². The van der Waals surface area contributed by atoms with Gasteiger partial charge < -0.3 is 14.5 Å². The van der Waals surface area contributed by atoms with Crippen LogP contribution in [-0.2, 0) is 4.79 Å². The molecular weight excluding hydrogens is 408 g/mol.